The maximum absolute atomic E-state index is 13.6. The van der Waals surface area contributed by atoms with Gasteiger partial charge in [-0.3, -0.25) is 19.2 Å². The largest absolute Gasteiger partial charge is 0.347 e. The standard InChI is InChI=1S/C29H36N8O4/c1-3-19(2)27(32-25(38)16-20-10-6-4-7-11-20)29(41)31-18-26(39)37-22(21-12-8-5-9-13-21)14-15-23(37)28(40)30-17-24-33-35-36-34-24/h4-13,19,22-23,27H,3,14-18H2,1-2H3,(H,30,40)(H,31,41)(H,32,38)(H,33,34,35,36)/t19-,22+,23?,27-/m0/s1. The molecule has 41 heavy (non-hydrogen) atoms. The third-order valence-corrected chi connectivity index (χ3v) is 7.40. The molecule has 1 aromatic heterocycles. The maximum Gasteiger partial charge on any atom is 0.243 e. The van der Waals surface area contributed by atoms with Crippen molar-refractivity contribution in [1.82, 2.24) is 41.5 Å². The molecule has 12 heteroatoms. The Hall–Kier alpha value is -4.61. The Balaban J connectivity index is 1.43. The molecule has 1 aliphatic rings. The van der Waals surface area contributed by atoms with Gasteiger partial charge >= 0.3 is 0 Å². The van der Waals surface area contributed by atoms with Gasteiger partial charge in [0.2, 0.25) is 23.6 Å². The zero-order valence-corrected chi connectivity index (χ0v) is 23.2. The van der Waals surface area contributed by atoms with Crippen molar-refractivity contribution in [1.29, 1.82) is 0 Å². The lowest BCUT2D eigenvalue weighted by Gasteiger charge is -2.31. The molecule has 1 fully saturated rings. The monoisotopic (exact) mass is 560 g/mol. The van der Waals surface area contributed by atoms with Crippen LogP contribution in [0.3, 0.4) is 0 Å². The minimum atomic E-state index is -0.804. The highest BCUT2D eigenvalue weighted by atomic mass is 16.2. The van der Waals surface area contributed by atoms with Crippen molar-refractivity contribution in [3.05, 3.63) is 77.6 Å². The van der Waals surface area contributed by atoms with Gasteiger partial charge in [0, 0.05) is 0 Å². The van der Waals surface area contributed by atoms with Crippen LogP contribution in [-0.4, -0.2) is 67.8 Å². The summed E-state index contributed by atoms with van der Waals surface area (Å²) in [6.45, 7) is 3.58. The van der Waals surface area contributed by atoms with Gasteiger partial charge in [-0.05, 0) is 29.9 Å². The Morgan fingerprint density at radius 1 is 1.00 bits per heavy atom. The van der Waals surface area contributed by atoms with E-state index in [0.717, 1.165) is 11.1 Å². The molecule has 3 aromatic rings. The van der Waals surface area contributed by atoms with Crippen LogP contribution in [0.5, 0.6) is 0 Å². The van der Waals surface area contributed by atoms with Gasteiger partial charge in [0.1, 0.15) is 12.1 Å². The highest BCUT2D eigenvalue weighted by molar-refractivity contribution is 5.93. The molecule has 1 unspecified atom stereocenters. The summed E-state index contributed by atoms with van der Waals surface area (Å²) in [5, 5.41) is 21.8. The van der Waals surface area contributed by atoms with Crippen molar-refractivity contribution >= 4 is 23.6 Å². The molecular formula is C29H36N8O4. The summed E-state index contributed by atoms with van der Waals surface area (Å²) in [6.07, 6.45) is 1.85. The lowest BCUT2D eigenvalue weighted by molar-refractivity contribution is -0.141. The number of benzene rings is 2. The molecule has 0 bridgehead atoms. The van der Waals surface area contributed by atoms with E-state index in [-0.39, 0.29) is 49.2 Å². The fourth-order valence-corrected chi connectivity index (χ4v) is 5.03. The third kappa shape index (κ3) is 7.74. The van der Waals surface area contributed by atoms with E-state index < -0.39 is 18.0 Å². The molecule has 1 aliphatic heterocycles. The van der Waals surface area contributed by atoms with Gasteiger partial charge in [0.05, 0.1) is 25.6 Å². The molecule has 12 nitrogen and oxygen atoms in total. The van der Waals surface area contributed by atoms with Crippen LogP contribution >= 0.6 is 0 Å². The van der Waals surface area contributed by atoms with E-state index in [1.54, 1.807) is 4.90 Å². The van der Waals surface area contributed by atoms with Crippen molar-refractivity contribution < 1.29 is 19.2 Å². The number of H-pyrrole nitrogens is 1. The van der Waals surface area contributed by atoms with E-state index in [2.05, 4.69) is 36.6 Å². The summed E-state index contributed by atoms with van der Waals surface area (Å²) >= 11 is 0. The van der Waals surface area contributed by atoms with Gasteiger partial charge in [-0.2, -0.15) is 5.21 Å². The smallest absolute Gasteiger partial charge is 0.243 e. The molecule has 2 heterocycles. The van der Waals surface area contributed by atoms with E-state index in [0.29, 0.717) is 25.1 Å². The predicted octanol–water partition coefficient (Wildman–Crippen LogP) is 1.44. The summed E-state index contributed by atoms with van der Waals surface area (Å²) in [7, 11) is 0. The summed E-state index contributed by atoms with van der Waals surface area (Å²) in [5.41, 5.74) is 1.75. The molecule has 0 aliphatic carbocycles. The van der Waals surface area contributed by atoms with Crippen LogP contribution < -0.4 is 16.0 Å². The Morgan fingerprint density at radius 3 is 2.37 bits per heavy atom. The van der Waals surface area contributed by atoms with Crippen LogP contribution in [-0.2, 0) is 32.1 Å². The molecule has 4 N–H and O–H groups in total. The number of aromatic nitrogens is 4. The van der Waals surface area contributed by atoms with E-state index in [9.17, 15) is 19.2 Å². The maximum atomic E-state index is 13.6. The molecule has 4 amide bonds. The minimum Gasteiger partial charge on any atom is -0.347 e. The Morgan fingerprint density at radius 2 is 1.71 bits per heavy atom. The molecule has 1 saturated heterocycles. The topological polar surface area (TPSA) is 162 Å². The first kappa shape index (κ1) is 29.4. The summed E-state index contributed by atoms with van der Waals surface area (Å²) in [6, 6.07) is 16.9. The van der Waals surface area contributed by atoms with Crippen molar-refractivity contribution in [2.45, 2.75) is 64.2 Å². The second-order valence-corrected chi connectivity index (χ2v) is 10.2. The second kappa shape index (κ2) is 14.1. The zero-order valence-electron chi connectivity index (χ0n) is 23.2. The summed E-state index contributed by atoms with van der Waals surface area (Å²) < 4.78 is 0. The van der Waals surface area contributed by atoms with Crippen LogP contribution in [0, 0.1) is 5.92 Å². The van der Waals surface area contributed by atoms with Crippen LogP contribution in [0.15, 0.2) is 60.7 Å². The highest BCUT2D eigenvalue weighted by Gasteiger charge is 2.41. The molecule has 4 atom stereocenters. The average molecular weight is 561 g/mol. The molecule has 0 saturated carbocycles. The predicted molar refractivity (Wildman–Crippen MR) is 150 cm³/mol. The van der Waals surface area contributed by atoms with E-state index in [4.69, 9.17) is 0 Å². The van der Waals surface area contributed by atoms with E-state index in [1.165, 1.54) is 0 Å². The van der Waals surface area contributed by atoms with Gasteiger partial charge in [0.15, 0.2) is 5.82 Å². The minimum absolute atomic E-state index is 0.0693. The number of likely N-dealkylation sites (tertiary alicyclic amines) is 1. The molecular weight excluding hydrogens is 524 g/mol. The lowest BCUT2D eigenvalue weighted by atomic mass is 9.98. The number of nitrogens with one attached hydrogen (secondary N) is 4. The fraction of sp³-hybridized carbons (Fsp3) is 0.414. The van der Waals surface area contributed by atoms with Gasteiger partial charge in [-0.1, -0.05) is 86.1 Å². The number of amides is 4. The first-order valence-electron chi connectivity index (χ1n) is 13.8. The first-order valence-corrected chi connectivity index (χ1v) is 13.8. The number of carbonyl (C=O) groups is 4. The molecule has 2 aromatic carbocycles. The molecule has 0 radical (unpaired) electrons. The number of hydrogen-bond acceptors (Lipinski definition) is 7. The van der Waals surface area contributed by atoms with Crippen LogP contribution in [0.2, 0.25) is 0 Å². The Labute approximate surface area is 238 Å². The first-order chi connectivity index (χ1) is 19.9. The Bertz CT molecular complexity index is 1300. The third-order valence-electron chi connectivity index (χ3n) is 7.40. The normalized spacial score (nSPS) is 17.9. The van der Waals surface area contributed by atoms with Crippen molar-refractivity contribution in [3.63, 3.8) is 0 Å². The highest BCUT2D eigenvalue weighted by Crippen LogP contribution is 2.36. The number of aromatic amines is 1. The molecule has 216 valence electrons. The van der Waals surface area contributed by atoms with Crippen LogP contribution in [0.4, 0.5) is 0 Å². The van der Waals surface area contributed by atoms with Crippen molar-refractivity contribution in [2.75, 3.05) is 6.54 Å². The van der Waals surface area contributed by atoms with Gasteiger partial charge < -0.3 is 20.9 Å². The number of tetrazole rings is 1. The number of carbonyl (C=O) groups excluding carboxylic acids is 4. The average Bonchev–Trinajstić information content (AvgIpc) is 3.68. The van der Waals surface area contributed by atoms with Crippen LogP contribution in [0.1, 0.15) is 56.1 Å². The van der Waals surface area contributed by atoms with Crippen molar-refractivity contribution in [3.8, 4) is 0 Å². The Kier molecular flexibility index (Phi) is 10.1. The van der Waals surface area contributed by atoms with Gasteiger partial charge in [0.25, 0.3) is 0 Å². The zero-order chi connectivity index (χ0) is 29.2. The summed E-state index contributed by atoms with van der Waals surface area (Å²) in [4.78, 5) is 54.3. The quantitative estimate of drug-likeness (QED) is 0.260. The number of nitrogens with zero attached hydrogens (tertiary/aromatic N) is 4. The second-order valence-electron chi connectivity index (χ2n) is 10.2. The number of hydrogen-bond donors (Lipinski definition) is 4. The van der Waals surface area contributed by atoms with E-state index in [1.807, 2.05) is 74.5 Å². The van der Waals surface area contributed by atoms with Gasteiger partial charge in [-0.15, -0.1) is 10.2 Å². The van der Waals surface area contributed by atoms with E-state index >= 15 is 0 Å². The lowest BCUT2D eigenvalue weighted by Crippen LogP contribution is -2.54. The van der Waals surface area contributed by atoms with Crippen LogP contribution in [0.25, 0.3) is 0 Å². The van der Waals surface area contributed by atoms with Crippen molar-refractivity contribution in [2.24, 2.45) is 5.92 Å². The summed E-state index contributed by atoms with van der Waals surface area (Å²) in [5.74, 6) is -1.27. The fourth-order valence-electron chi connectivity index (χ4n) is 5.03. The molecule has 4 rings (SSSR count). The van der Waals surface area contributed by atoms with Gasteiger partial charge in [-0.25, -0.2) is 0 Å². The number of rotatable bonds is 12. The SMILES string of the molecule is CC[C@H](C)[C@H](NC(=O)Cc1ccccc1)C(=O)NCC(=O)N1C(C(=O)NCc2nn[nH]n2)CC[C@@H]1c1ccccc1. The molecule has 0 spiro atoms.